The molecule has 17 heavy (non-hydrogen) atoms. The van der Waals surface area contributed by atoms with Crippen LogP contribution in [-0.4, -0.2) is 22.4 Å². The normalized spacial score (nSPS) is 25.9. The molecular weight excluding hydrogens is 223 g/mol. The minimum atomic E-state index is -0.718. The maximum atomic E-state index is 13.2. The highest BCUT2D eigenvalue weighted by Gasteiger charge is 2.28. The molecule has 0 aliphatic heterocycles. The van der Waals surface area contributed by atoms with Crippen LogP contribution in [0.3, 0.4) is 0 Å². The molecule has 0 bridgehead atoms. The van der Waals surface area contributed by atoms with E-state index in [1.165, 1.54) is 18.2 Å². The van der Waals surface area contributed by atoms with Gasteiger partial charge in [0.1, 0.15) is 17.7 Å². The number of halogens is 1. The van der Waals surface area contributed by atoms with Gasteiger partial charge >= 0.3 is 0 Å². The van der Waals surface area contributed by atoms with E-state index in [1.54, 1.807) is 6.92 Å². The van der Waals surface area contributed by atoms with E-state index >= 15 is 0 Å². The highest BCUT2D eigenvalue weighted by atomic mass is 19.1. The van der Waals surface area contributed by atoms with Gasteiger partial charge in [0, 0.05) is 11.6 Å². The molecule has 0 radical (unpaired) electrons. The number of benzene rings is 1. The first-order valence-corrected chi connectivity index (χ1v) is 5.90. The first-order valence-electron chi connectivity index (χ1n) is 5.90. The molecule has 0 aromatic heterocycles. The molecule has 94 valence electrons. The largest absolute Gasteiger partial charge is 0.487 e. The molecule has 4 heteroatoms. The highest BCUT2D eigenvalue weighted by molar-refractivity contribution is 5.35. The van der Waals surface area contributed by atoms with Crippen molar-refractivity contribution in [2.45, 2.75) is 44.5 Å². The Hall–Kier alpha value is -1.13. The summed E-state index contributed by atoms with van der Waals surface area (Å²) >= 11 is 0. The molecular formula is C13H17FO3. The quantitative estimate of drug-likeness (QED) is 0.851. The van der Waals surface area contributed by atoms with E-state index in [0.29, 0.717) is 17.7 Å². The average molecular weight is 240 g/mol. The van der Waals surface area contributed by atoms with Gasteiger partial charge in [-0.25, -0.2) is 4.39 Å². The van der Waals surface area contributed by atoms with Gasteiger partial charge in [-0.05, 0) is 38.3 Å². The van der Waals surface area contributed by atoms with Gasteiger partial charge in [-0.3, -0.25) is 0 Å². The zero-order chi connectivity index (χ0) is 12.4. The van der Waals surface area contributed by atoms with Gasteiger partial charge in [0.15, 0.2) is 0 Å². The van der Waals surface area contributed by atoms with Gasteiger partial charge in [0.25, 0.3) is 0 Å². The number of rotatable bonds is 3. The van der Waals surface area contributed by atoms with Crippen molar-refractivity contribution in [1.29, 1.82) is 0 Å². The number of hydrogen-bond acceptors (Lipinski definition) is 3. The Balaban J connectivity index is 2.21. The van der Waals surface area contributed by atoms with Crippen molar-refractivity contribution in [2.24, 2.45) is 0 Å². The molecule has 2 rings (SSSR count). The van der Waals surface area contributed by atoms with E-state index in [0.717, 1.165) is 12.8 Å². The molecule has 0 amide bonds. The fourth-order valence-corrected chi connectivity index (χ4v) is 2.16. The second-order valence-electron chi connectivity index (χ2n) is 4.51. The van der Waals surface area contributed by atoms with E-state index in [2.05, 4.69) is 0 Å². The van der Waals surface area contributed by atoms with E-state index in [-0.39, 0.29) is 6.10 Å². The predicted octanol–water partition coefficient (Wildman–Crippen LogP) is 2.17. The van der Waals surface area contributed by atoms with Gasteiger partial charge in [0.05, 0.1) is 12.2 Å². The Morgan fingerprint density at radius 2 is 2.18 bits per heavy atom. The number of aliphatic hydroxyl groups is 2. The summed E-state index contributed by atoms with van der Waals surface area (Å²) in [6.45, 7) is 1.60. The third-order valence-electron chi connectivity index (χ3n) is 3.12. The summed E-state index contributed by atoms with van der Waals surface area (Å²) < 4.78 is 18.8. The molecule has 3 nitrogen and oxygen atoms in total. The molecule has 1 aliphatic carbocycles. The maximum Gasteiger partial charge on any atom is 0.128 e. The molecule has 2 unspecified atom stereocenters. The zero-order valence-electron chi connectivity index (χ0n) is 9.77. The van der Waals surface area contributed by atoms with Crippen LogP contribution in [0.25, 0.3) is 0 Å². The van der Waals surface area contributed by atoms with Gasteiger partial charge in [0.2, 0.25) is 0 Å². The van der Waals surface area contributed by atoms with Crippen molar-refractivity contribution in [1.82, 2.24) is 0 Å². The van der Waals surface area contributed by atoms with Crippen LogP contribution in [0.15, 0.2) is 18.2 Å². The maximum absolute atomic E-state index is 13.2. The summed E-state index contributed by atoms with van der Waals surface area (Å²) in [6.07, 6.45) is 0.866. The minimum absolute atomic E-state index is 0.297. The topological polar surface area (TPSA) is 49.7 Å². The SMILES string of the molecule is C[C@@H](O)c1ccc(F)cc1OC1CCCC1O. The van der Waals surface area contributed by atoms with Crippen molar-refractivity contribution in [3.05, 3.63) is 29.6 Å². The first-order chi connectivity index (χ1) is 8.08. The molecule has 0 saturated heterocycles. The van der Waals surface area contributed by atoms with Crippen molar-refractivity contribution < 1.29 is 19.3 Å². The molecule has 3 atom stereocenters. The summed E-state index contributed by atoms with van der Waals surface area (Å²) in [7, 11) is 0. The number of hydrogen-bond donors (Lipinski definition) is 2. The second-order valence-corrected chi connectivity index (χ2v) is 4.51. The van der Waals surface area contributed by atoms with Crippen molar-refractivity contribution >= 4 is 0 Å². The summed E-state index contributed by atoms with van der Waals surface area (Å²) in [5.74, 6) is -0.0807. The molecule has 0 heterocycles. The Morgan fingerprint density at radius 1 is 1.41 bits per heavy atom. The van der Waals surface area contributed by atoms with Crippen molar-refractivity contribution in [3.8, 4) is 5.75 Å². The Labute approximate surface area is 99.8 Å². The molecule has 1 aromatic rings. The van der Waals surface area contributed by atoms with Gasteiger partial charge in [-0.1, -0.05) is 0 Å². The number of ether oxygens (including phenoxy) is 1. The second kappa shape index (κ2) is 5.02. The standard InChI is InChI=1S/C13H17FO3/c1-8(15)10-6-5-9(14)7-13(10)17-12-4-2-3-11(12)16/h5-8,11-12,15-16H,2-4H2,1H3/t8-,11?,12?/m1/s1. The van der Waals surface area contributed by atoms with Crippen LogP contribution in [0.5, 0.6) is 5.75 Å². The summed E-state index contributed by atoms with van der Waals surface area (Å²) in [5.41, 5.74) is 0.547. The lowest BCUT2D eigenvalue weighted by molar-refractivity contribution is 0.0575. The molecule has 0 spiro atoms. The van der Waals surface area contributed by atoms with Gasteiger partial charge in [-0.2, -0.15) is 0 Å². The Kier molecular flexibility index (Phi) is 3.64. The highest BCUT2D eigenvalue weighted by Crippen LogP contribution is 2.30. The van der Waals surface area contributed by atoms with Crippen LogP contribution in [0.4, 0.5) is 4.39 Å². The van der Waals surface area contributed by atoms with Crippen LogP contribution in [-0.2, 0) is 0 Å². The smallest absolute Gasteiger partial charge is 0.128 e. The fourth-order valence-electron chi connectivity index (χ4n) is 2.16. The van der Waals surface area contributed by atoms with Gasteiger partial charge < -0.3 is 14.9 Å². The van der Waals surface area contributed by atoms with E-state index in [1.807, 2.05) is 0 Å². The number of aliphatic hydroxyl groups excluding tert-OH is 2. The lowest BCUT2D eigenvalue weighted by atomic mass is 10.1. The fraction of sp³-hybridized carbons (Fsp3) is 0.538. The van der Waals surface area contributed by atoms with Crippen LogP contribution < -0.4 is 4.74 Å². The van der Waals surface area contributed by atoms with Crippen LogP contribution in [0.1, 0.15) is 37.9 Å². The van der Waals surface area contributed by atoms with Crippen molar-refractivity contribution in [2.75, 3.05) is 0 Å². The lowest BCUT2D eigenvalue weighted by Gasteiger charge is -2.20. The Morgan fingerprint density at radius 3 is 2.76 bits per heavy atom. The third kappa shape index (κ3) is 2.76. The summed E-state index contributed by atoms with van der Waals surface area (Å²) in [6, 6.07) is 4.06. The predicted molar refractivity (Wildman–Crippen MR) is 61.3 cm³/mol. The van der Waals surface area contributed by atoms with E-state index in [9.17, 15) is 14.6 Å². The van der Waals surface area contributed by atoms with Crippen LogP contribution in [0.2, 0.25) is 0 Å². The summed E-state index contributed by atoms with van der Waals surface area (Å²) in [5, 5.41) is 19.2. The average Bonchev–Trinajstić information content (AvgIpc) is 2.64. The molecule has 2 N–H and O–H groups in total. The minimum Gasteiger partial charge on any atom is -0.487 e. The lowest BCUT2D eigenvalue weighted by Crippen LogP contribution is -2.26. The molecule has 1 aliphatic rings. The van der Waals surface area contributed by atoms with Crippen LogP contribution in [0, 0.1) is 5.82 Å². The van der Waals surface area contributed by atoms with Gasteiger partial charge in [-0.15, -0.1) is 0 Å². The summed E-state index contributed by atoms with van der Waals surface area (Å²) in [4.78, 5) is 0. The van der Waals surface area contributed by atoms with E-state index in [4.69, 9.17) is 4.74 Å². The molecule has 1 aromatic carbocycles. The van der Waals surface area contributed by atoms with Crippen LogP contribution >= 0.6 is 0 Å². The third-order valence-corrected chi connectivity index (χ3v) is 3.12. The molecule has 1 saturated carbocycles. The van der Waals surface area contributed by atoms with Crippen molar-refractivity contribution in [3.63, 3.8) is 0 Å². The molecule has 1 fully saturated rings. The first kappa shape index (κ1) is 12.3. The zero-order valence-corrected chi connectivity index (χ0v) is 9.77. The Bertz CT molecular complexity index is 392. The monoisotopic (exact) mass is 240 g/mol. The van der Waals surface area contributed by atoms with E-state index < -0.39 is 18.0 Å².